The Morgan fingerprint density at radius 2 is 1.67 bits per heavy atom. The van der Waals surface area contributed by atoms with Gasteiger partial charge in [0.05, 0.1) is 20.3 Å². The smallest absolute Gasteiger partial charge is 0.161 e. The Hall–Kier alpha value is -2.20. The molecular formula is C17H22N2O2. The molecule has 2 aromatic rings. The SMILES string of the molecule is COc1ccc(C(CN)N(C)c2ccccc2)cc1OC. The molecule has 0 bridgehead atoms. The van der Waals surface area contributed by atoms with E-state index in [4.69, 9.17) is 15.2 Å². The minimum absolute atomic E-state index is 0.0761. The zero-order valence-electron chi connectivity index (χ0n) is 12.7. The Morgan fingerprint density at radius 3 is 2.24 bits per heavy atom. The third-order valence-electron chi connectivity index (χ3n) is 3.65. The molecule has 0 fully saturated rings. The summed E-state index contributed by atoms with van der Waals surface area (Å²) in [6.45, 7) is 0.515. The van der Waals surface area contributed by atoms with Gasteiger partial charge in [-0.25, -0.2) is 0 Å². The first kappa shape index (κ1) is 15.2. The molecule has 112 valence electrons. The first-order valence-corrected chi connectivity index (χ1v) is 6.91. The minimum atomic E-state index is 0.0761. The van der Waals surface area contributed by atoms with Gasteiger partial charge in [-0.3, -0.25) is 0 Å². The van der Waals surface area contributed by atoms with Crippen molar-refractivity contribution in [2.75, 3.05) is 32.7 Å². The fourth-order valence-corrected chi connectivity index (χ4v) is 2.42. The molecule has 0 radical (unpaired) electrons. The largest absolute Gasteiger partial charge is 0.493 e. The molecule has 0 saturated carbocycles. The van der Waals surface area contributed by atoms with Crippen molar-refractivity contribution in [1.29, 1.82) is 0 Å². The molecule has 0 heterocycles. The fraction of sp³-hybridized carbons (Fsp3) is 0.294. The van der Waals surface area contributed by atoms with Crippen LogP contribution in [0.3, 0.4) is 0 Å². The van der Waals surface area contributed by atoms with Crippen LogP contribution < -0.4 is 20.1 Å². The molecule has 2 aromatic carbocycles. The Labute approximate surface area is 126 Å². The third kappa shape index (κ3) is 3.28. The van der Waals surface area contributed by atoms with Gasteiger partial charge < -0.3 is 20.1 Å². The quantitative estimate of drug-likeness (QED) is 0.887. The molecule has 4 heteroatoms. The van der Waals surface area contributed by atoms with Gasteiger partial charge in [-0.05, 0) is 29.8 Å². The number of nitrogens with zero attached hydrogens (tertiary/aromatic N) is 1. The molecule has 0 saturated heterocycles. The van der Waals surface area contributed by atoms with E-state index in [0.29, 0.717) is 6.54 Å². The number of likely N-dealkylation sites (N-methyl/N-ethyl adjacent to an activating group) is 1. The van der Waals surface area contributed by atoms with Gasteiger partial charge in [0.15, 0.2) is 11.5 Å². The summed E-state index contributed by atoms with van der Waals surface area (Å²) in [5.74, 6) is 1.44. The zero-order valence-corrected chi connectivity index (χ0v) is 12.7. The average Bonchev–Trinajstić information content (AvgIpc) is 2.56. The Kier molecular flexibility index (Phi) is 5.06. The highest BCUT2D eigenvalue weighted by molar-refractivity contribution is 5.50. The number of hydrogen-bond acceptors (Lipinski definition) is 4. The summed E-state index contributed by atoms with van der Waals surface area (Å²) in [6, 6.07) is 16.2. The van der Waals surface area contributed by atoms with Crippen LogP contribution in [0, 0.1) is 0 Å². The third-order valence-corrected chi connectivity index (χ3v) is 3.65. The van der Waals surface area contributed by atoms with Gasteiger partial charge in [-0.2, -0.15) is 0 Å². The van der Waals surface area contributed by atoms with Crippen molar-refractivity contribution in [1.82, 2.24) is 0 Å². The molecule has 0 aliphatic rings. The predicted octanol–water partition coefficient (Wildman–Crippen LogP) is 2.84. The maximum Gasteiger partial charge on any atom is 0.161 e. The van der Waals surface area contributed by atoms with E-state index in [1.807, 2.05) is 43.4 Å². The van der Waals surface area contributed by atoms with E-state index < -0.39 is 0 Å². The Bertz CT molecular complexity index is 572. The number of benzene rings is 2. The molecule has 1 atom stereocenters. The number of hydrogen-bond donors (Lipinski definition) is 1. The van der Waals surface area contributed by atoms with Gasteiger partial charge in [0.2, 0.25) is 0 Å². The van der Waals surface area contributed by atoms with Crippen molar-refractivity contribution < 1.29 is 9.47 Å². The van der Waals surface area contributed by atoms with Crippen LogP contribution in [0.1, 0.15) is 11.6 Å². The lowest BCUT2D eigenvalue weighted by atomic mass is 10.0. The van der Waals surface area contributed by atoms with Crippen molar-refractivity contribution in [3.05, 3.63) is 54.1 Å². The maximum atomic E-state index is 5.99. The van der Waals surface area contributed by atoms with Crippen LogP contribution in [0.5, 0.6) is 11.5 Å². The molecule has 4 nitrogen and oxygen atoms in total. The summed E-state index contributed by atoms with van der Waals surface area (Å²) in [7, 11) is 5.32. The summed E-state index contributed by atoms with van der Waals surface area (Å²) in [5, 5.41) is 0. The molecule has 0 aliphatic carbocycles. The van der Waals surface area contributed by atoms with Gasteiger partial charge in [0.25, 0.3) is 0 Å². The number of rotatable bonds is 6. The first-order valence-electron chi connectivity index (χ1n) is 6.91. The van der Waals surface area contributed by atoms with E-state index in [0.717, 1.165) is 22.7 Å². The van der Waals surface area contributed by atoms with Crippen LogP contribution in [0.4, 0.5) is 5.69 Å². The average molecular weight is 286 g/mol. The summed E-state index contributed by atoms with van der Waals surface area (Å²) in [6.07, 6.45) is 0. The van der Waals surface area contributed by atoms with E-state index in [1.54, 1.807) is 14.2 Å². The zero-order chi connectivity index (χ0) is 15.2. The van der Waals surface area contributed by atoms with Crippen LogP contribution in [0.25, 0.3) is 0 Å². The fourth-order valence-electron chi connectivity index (χ4n) is 2.42. The van der Waals surface area contributed by atoms with Gasteiger partial charge in [0.1, 0.15) is 0 Å². The van der Waals surface area contributed by atoms with E-state index >= 15 is 0 Å². The molecule has 0 aliphatic heterocycles. The Morgan fingerprint density at radius 1 is 1.00 bits per heavy atom. The molecule has 21 heavy (non-hydrogen) atoms. The molecule has 2 N–H and O–H groups in total. The van der Waals surface area contributed by atoms with Crippen LogP contribution >= 0.6 is 0 Å². The van der Waals surface area contributed by atoms with Crippen LogP contribution in [-0.2, 0) is 0 Å². The molecule has 0 amide bonds. The van der Waals surface area contributed by atoms with Crippen molar-refractivity contribution in [3.8, 4) is 11.5 Å². The van der Waals surface area contributed by atoms with Crippen molar-refractivity contribution >= 4 is 5.69 Å². The monoisotopic (exact) mass is 286 g/mol. The molecular weight excluding hydrogens is 264 g/mol. The molecule has 2 rings (SSSR count). The highest BCUT2D eigenvalue weighted by atomic mass is 16.5. The second kappa shape index (κ2) is 6.99. The highest BCUT2D eigenvalue weighted by Crippen LogP contribution is 2.32. The van der Waals surface area contributed by atoms with E-state index in [9.17, 15) is 0 Å². The first-order chi connectivity index (χ1) is 10.2. The van der Waals surface area contributed by atoms with Crippen LogP contribution in [-0.4, -0.2) is 27.8 Å². The lowest BCUT2D eigenvalue weighted by Gasteiger charge is -2.30. The van der Waals surface area contributed by atoms with Gasteiger partial charge >= 0.3 is 0 Å². The Balaban J connectivity index is 2.33. The highest BCUT2D eigenvalue weighted by Gasteiger charge is 2.17. The number of methoxy groups -OCH3 is 2. The number of para-hydroxylation sites is 1. The van der Waals surface area contributed by atoms with Gasteiger partial charge in [0, 0.05) is 19.3 Å². The minimum Gasteiger partial charge on any atom is -0.493 e. The summed E-state index contributed by atoms with van der Waals surface area (Å²) in [5.41, 5.74) is 8.22. The number of nitrogens with two attached hydrogens (primary N) is 1. The topological polar surface area (TPSA) is 47.7 Å². The predicted molar refractivity (Wildman–Crippen MR) is 86.2 cm³/mol. The van der Waals surface area contributed by atoms with Crippen molar-refractivity contribution in [2.45, 2.75) is 6.04 Å². The molecule has 1 unspecified atom stereocenters. The van der Waals surface area contributed by atoms with Crippen molar-refractivity contribution in [2.24, 2.45) is 5.73 Å². The maximum absolute atomic E-state index is 5.99. The van der Waals surface area contributed by atoms with Gasteiger partial charge in [-0.1, -0.05) is 24.3 Å². The second-order valence-electron chi connectivity index (χ2n) is 4.81. The van der Waals surface area contributed by atoms with Crippen LogP contribution in [0.15, 0.2) is 48.5 Å². The van der Waals surface area contributed by atoms with Crippen LogP contribution in [0.2, 0.25) is 0 Å². The van der Waals surface area contributed by atoms with E-state index in [2.05, 4.69) is 17.0 Å². The molecule has 0 spiro atoms. The normalized spacial score (nSPS) is 11.8. The standard InChI is InChI=1S/C17H22N2O2/c1-19(14-7-5-4-6-8-14)15(12-18)13-9-10-16(20-2)17(11-13)21-3/h4-11,15H,12,18H2,1-3H3. The van der Waals surface area contributed by atoms with E-state index in [1.165, 1.54) is 0 Å². The second-order valence-corrected chi connectivity index (χ2v) is 4.81. The lowest BCUT2D eigenvalue weighted by molar-refractivity contribution is 0.354. The number of anilines is 1. The lowest BCUT2D eigenvalue weighted by Crippen LogP contribution is -2.30. The summed E-state index contributed by atoms with van der Waals surface area (Å²) in [4.78, 5) is 2.17. The van der Waals surface area contributed by atoms with Crippen molar-refractivity contribution in [3.63, 3.8) is 0 Å². The summed E-state index contributed by atoms with van der Waals surface area (Å²) >= 11 is 0. The summed E-state index contributed by atoms with van der Waals surface area (Å²) < 4.78 is 10.7. The number of ether oxygens (including phenoxy) is 2. The van der Waals surface area contributed by atoms with Gasteiger partial charge in [-0.15, -0.1) is 0 Å². The van der Waals surface area contributed by atoms with E-state index in [-0.39, 0.29) is 6.04 Å². The molecule has 0 aromatic heterocycles.